The number of methoxy groups -OCH3 is 3. The summed E-state index contributed by atoms with van der Waals surface area (Å²) in [7, 11) is 4.76. The minimum absolute atomic E-state index is 0.0225. The third-order valence-corrected chi connectivity index (χ3v) is 25.8. The quantitative estimate of drug-likeness (QED) is 0.0478. The van der Waals surface area contributed by atoms with Crippen LogP contribution in [-0.2, 0) is 4.79 Å². The van der Waals surface area contributed by atoms with E-state index in [1.807, 2.05) is 88.8 Å². The number of rotatable bonds is 24. The van der Waals surface area contributed by atoms with Crippen LogP contribution in [0.25, 0.3) is 0 Å². The summed E-state index contributed by atoms with van der Waals surface area (Å²) >= 11 is 10.2. The average molecular weight is 1590 g/mol. The molecule has 4 aliphatic rings. The monoisotopic (exact) mass is 1590 g/mol. The number of aryl methyl sites for hydroxylation is 3. The Morgan fingerprint density at radius 3 is 1.44 bits per heavy atom. The molecule has 1 atom stereocenters. The third-order valence-electron chi connectivity index (χ3n) is 19.0. The van der Waals surface area contributed by atoms with Gasteiger partial charge in [0, 0.05) is 126 Å². The maximum absolute atomic E-state index is 13.8. The minimum Gasteiger partial charge on any atom is -0.496 e. The van der Waals surface area contributed by atoms with Gasteiger partial charge in [-0.3, -0.25) is 39.4 Å². The number of thiophene rings is 2. The zero-order valence-electron chi connectivity index (χ0n) is 62.8. The van der Waals surface area contributed by atoms with Crippen LogP contribution < -0.4 is 30.2 Å². The molecule has 108 heavy (non-hydrogen) atoms. The van der Waals surface area contributed by atoms with E-state index in [0.29, 0.717) is 113 Å². The number of thiazole rings is 3. The van der Waals surface area contributed by atoms with Crippen molar-refractivity contribution in [1.82, 2.24) is 44.4 Å². The fourth-order valence-electron chi connectivity index (χ4n) is 12.7. The Morgan fingerprint density at radius 1 is 0.528 bits per heavy atom. The number of allylic oxidation sites excluding steroid dienone is 3. The second-order valence-corrected chi connectivity index (χ2v) is 34.8. The molecule has 5 aromatic heterocycles. The first-order valence-corrected chi connectivity index (χ1v) is 40.9. The zero-order valence-corrected chi connectivity index (χ0v) is 68.5. The standard InChI is InChI=1S/2C27H30N4O3S3.C26H32N4O3S/c1-7-18(3)31-10-9-30(16-27(31,4)5)25(33)20-13-22(17(2)12-21(20)34-6)36-23-14-28-26(37-23)29-24(32)19-8-11-35-15-19;1-7-18(3)30-9-10-31(27(4,5)16-30)25(33)20-13-22(17(2)12-21(20)34-6)36-23-14-28-26(37-23)29-24(32)19-8-11-35-15-19;1-6-17(3)29-9-11-30(12-10-29)25(32)21-14-20(16(2)13-22(21)33-5)18(4)23-15-27-26(34-23)28-24(31)19-7-8-19/h2*7-8,11-15H,1,3,9-10,16H2,2,4-6H3,(H,28,29,32);6,13-15,18-19H,1,3,7-12H2,2,4-5H3,(H,27,28,31). The van der Waals surface area contributed by atoms with Crippen LogP contribution in [0.1, 0.15) is 132 Å². The topological polar surface area (TPSA) is 224 Å². The maximum Gasteiger partial charge on any atom is 0.258 e. The van der Waals surface area contributed by atoms with Crippen LogP contribution in [0, 0.1) is 26.7 Å². The number of hydrogen-bond donors (Lipinski definition) is 3. The number of carbonyl (C=O) groups excluding carboxylic acids is 6. The van der Waals surface area contributed by atoms with Gasteiger partial charge in [-0.15, -0.1) is 11.3 Å². The van der Waals surface area contributed by atoms with E-state index < -0.39 is 5.54 Å². The molecule has 8 heterocycles. The highest BCUT2D eigenvalue weighted by Crippen LogP contribution is 2.43. The molecular weight excluding hydrogens is 1500 g/mol. The Labute approximate surface area is 661 Å². The van der Waals surface area contributed by atoms with Crippen molar-refractivity contribution in [3.63, 3.8) is 0 Å². The number of anilines is 3. The smallest absolute Gasteiger partial charge is 0.258 e. The predicted molar refractivity (Wildman–Crippen MR) is 440 cm³/mol. The fourth-order valence-corrected chi connectivity index (χ4v) is 18.8. The molecule has 0 spiro atoms. The van der Waals surface area contributed by atoms with Gasteiger partial charge in [0.05, 0.1) is 81.0 Å². The molecule has 8 aromatic rings. The van der Waals surface area contributed by atoms with E-state index in [0.717, 1.165) is 88.4 Å². The van der Waals surface area contributed by atoms with Gasteiger partial charge < -0.3 is 48.9 Å². The third kappa shape index (κ3) is 19.6. The summed E-state index contributed by atoms with van der Waals surface area (Å²) in [5.41, 5.74) is 8.84. The van der Waals surface area contributed by atoms with Gasteiger partial charge in [-0.05, 0) is 161 Å². The van der Waals surface area contributed by atoms with Gasteiger partial charge in [0.15, 0.2) is 15.4 Å². The first kappa shape index (κ1) is 81.2. The van der Waals surface area contributed by atoms with Crippen molar-refractivity contribution >= 4 is 131 Å². The van der Waals surface area contributed by atoms with Gasteiger partial charge in [-0.1, -0.05) is 92.6 Å². The molecule has 12 rings (SSSR count). The van der Waals surface area contributed by atoms with Gasteiger partial charge >= 0.3 is 0 Å². The van der Waals surface area contributed by atoms with Crippen LogP contribution >= 0.6 is 80.2 Å². The van der Waals surface area contributed by atoms with E-state index in [1.54, 1.807) is 74.8 Å². The van der Waals surface area contributed by atoms with Gasteiger partial charge in [0.2, 0.25) is 5.91 Å². The normalized spacial score (nSPS) is 15.4. The molecular formula is C80H92N12O9S7. The molecule has 1 unspecified atom stereocenters. The summed E-state index contributed by atoms with van der Waals surface area (Å²) < 4.78 is 18.6. The van der Waals surface area contributed by atoms with E-state index in [4.69, 9.17) is 14.2 Å². The maximum atomic E-state index is 13.8. The molecule has 3 N–H and O–H groups in total. The summed E-state index contributed by atoms with van der Waals surface area (Å²) in [4.78, 5) is 106. The number of benzene rings is 3. The lowest BCUT2D eigenvalue weighted by molar-refractivity contribution is -0.117. The second-order valence-electron chi connectivity index (χ2n) is 27.5. The van der Waals surface area contributed by atoms with E-state index in [1.165, 1.54) is 80.2 Å². The van der Waals surface area contributed by atoms with Crippen molar-refractivity contribution in [2.75, 3.05) is 103 Å². The summed E-state index contributed by atoms with van der Waals surface area (Å²) in [6.45, 7) is 46.5. The van der Waals surface area contributed by atoms with Gasteiger partial charge in [0.1, 0.15) is 17.2 Å². The average Bonchev–Trinajstić information content (AvgIpc) is 0.935. The Balaban J connectivity index is 0.000000173. The van der Waals surface area contributed by atoms with E-state index in [2.05, 4.69) is 120 Å². The Bertz CT molecular complexity index is 4700. The first-order valence-electron chi connectivity index (χ1n) is 35.0. The Kier molecular flexibility index (Phi) is 26.9. The lowest BCUT2D eigenvalue weighted by atomic mass is 9.92. The molecule has 3 aliphatic heterocycles. The predicted octanol–water partition coefficient (Wildman–Crippen LogP) is 16.7. The van der Waals surface area contributed by atoms with E-state index >= 15 is 0 Å². The number of amides is 6. The molecule has 21 nitrogen and oxygen atoms in total. The molecule has 0 bridgehead atoms. The number of piperazine rings is 3. The molecule has 28 heteroatoms. The van der Waals surface area contributed by atoms with Crippen molar-refractivity contribution in [2.24, 2.45) is 5.92 Å². The summed E-state index contributed by atoms with van der Waals surface area (Å²) in [6.07, 6.45) is 12.4. The SMILES string of the molecule is C=CC(=C)N1CCN(C(=O)c2cc(C(C)c3cnc(NC(=O)C4CC4)s3)c(C)cc2OC)CC1.C=CC(=C)N1CCN(C(=O)c2cc(Sc3cnc(NC(=O)c4ccsc4)s3)c(C)cc2OC)C(C)(C)C1.C=CC(=C)N1CCN(C(=O)c2cc(Sc3cnc(NC(=O)c4ccsc4)s3)c(C)cc2OC)CC1(C)C. The Morgan fingerprint density at radius 2 is 0.954 bits per heavy atom. The minimum atomic E-state index is -0.405. The molecule has 1 saturated carbocycles. The van der Waals surface area contributed by atoms with E-state index in [9.17, 15) is 28.8 Å². The van der Waals surface area contributed by atoms with Crippen molar-refractivity contribution < 1.29 is 43.0 Å². The summed E-state index contributed by atoms with van der Waals surface area (Å²) in [5.74, 6) is 1.37. The largest absolute Gasteiger partial charge is 0.496 e. The molecule has 3 saturated heterocycles. The van der Waals surface area contributed by atoms with Crippen molar-refractivity contribution in [2.45, 2.75) is 103 Å². The van der Waals surface area contributed by atoms with Crippen molar-refractivity contribution in [3.8, 4) is 17.2 Å². The number of aromatic nitrogens is 3. The second kappa shape index (κ2) is 35.8. The number of ether oxygens (including phenoxy) is 3. The van der Waals surface area contributed by atoms with Gasteiger partial charge in [0.25, 0.3) is 29.5 Å². The van der Waals surface area contributed by atoms with Crippen molar-refractivity contribution in [3.05, 3.63) is 218 Å². The Hall–Kier alpha value is -9.29. The van der Waals surface area contributed by atoms with E-state index in [-0.39, 0.29) is 52.8 Å². The van der Waals surface area contributed by atoms with Crippen LogP contribution in [0.3, 0.4) is 0 Å². The number of carbonyl (C=O) groups is 6. The van der Waals surface area contributed by atoms with Crippen molar-refractivity contribution in [1.29, 1.82) is 0 Å². The lowest BCUT2D eigenvalue weighted by Gasteiger charge is -2.48. The van der Waals surface area contributed by atoms with Crippen LogP contribution in [0.5, 0.6) is 17.2 Å². The molecule has 0 radical (unpaired) electrons. The molecule has 4 fully saturated rings. The van der Waals surface area contributed by atoms with Crippen LogP contribution in [0.15, 0.2) is 182 Å². The molecule has 3 aromatic carbocycles. The van der Waals surface area contributed by atoms with Gasteiger partial charge in [-0.25, -0.2) is 15.0 Å². The highest BCUT2D eigenvalue weighted by atomic mass is 32.2. The molecule has 6 amide bonds. The number of nitrogens with one attached hydrogen (secondary N) is 3. The van der Waals surface area contributed by atoms with Gasteiger partial charge in [-0.2, -0.15) is 22.7 Å². The first-order chi connectivity index (χ1) is 51.6. The molecule has 1 aliphatic carbocycles. The number of nitrogens with zero attached hydrogens (tertiary/aromatic N) is 9. The highest BCUT2D eigenvalue weighted by molar-refractivity contribution is 8.01. The number of hydrogen-bond acceptors (Lipinski definition) is 22. The van der Waals surface area contributed by atoms with Crippen LogP contribution in [-0.4, -0.2) is 178 Å². The highest BCUT2D eigenvalue weighted by Gasteiger charge is 2.40. The summed E-state index contributed by atoms with van der Waals surface area (Å²) in [6, 6.07) is 15.0. The lowest BCUT2D eigenvalue weighted by Crippen LogP contribution is -2.60. The van der Waals surface area contributed by atoms with Crippen LogP contribution in [0.4, 0.5) is 15.4 Å². The van der Waals surface area contributed by atoms with Crippen LogP contribution in [0.2, 0.25) is 0 Å². The zero-order chi connectivity index (χ0) is 77.9. The fraction of sp³-hybridized carbons (Fsp3) is 0.338. The summed E-state index contributed by atoms with van der Waals surface area (Å²) in [5, 5.41) is 17.6. The molecule has 568 valence electrons.